The van der Waals surface area contributed by atoms with Crippen molar-refractivity contribution in [2.24, 2.45) is 5.41 Å². The molecule has 1 aliphatic heterocycles. The maximum atomic E-state index is 9.52. The van der Waals surface area contributed by atoms with E-state index in [9.17, 15) is 5.11 Å². The average Bonchev–Trinajstić information content (AvgIpc) is 2.31. The van der Waals surface area contributed by atoms with E-state index in [0.717, 1.165) is 12.8 Å². The van der Waals surface area contributed by atoms with Gasteiger partial charge in [0.2, 0.25) is 0 Å². The van der Waals surface area contributed by atoms with Crippen molar-refractivity contribution in [3.63, 3.8) is 0 Å². The van der Waals surface area contributed by atoms with Crippen LogP contribution >= 0.6 is 0 Å². The zero-order valence-electron chi connectivity index (χ0n) is 9.77. The third-order valence-electron chi connectivity index (χ3n) is 3.28. The van der Waals surface area contributed by atoms with Gasteiger partial charge in [-0.2, -0.15) is 0 Å². The average molecular weight is 233 g/mol. The van der Waals surface area contributed by atoms with E-state index in [2.05, 4.69) is 0 Å². The first-order valence-corrected chi connectivity index (χ1v) is 5.89. The van der Waals surface area contributed by atoms with Crippen LogP contribution in [0.15, 0.2) is 0 Å². The van der Waals surface area contributed by atoms with Gasteiger partial charge in [-0.3, -0.25) is 4.90 Å². The lowest BCUT2D eigenvalue weighted by Gasteiger charge is -2.39. The molecule has 3 N–H and O–H groups in total. The van der Waals surface area contributed by atoms with Crippen molar-refractivity contribution in [1.82, 2.24) is 4.90 Å². The summed E-state index contributed by atoms with van der Waals surface area (Å²) in [5.74, 6) is 0. The van der Waals surface area contributed by atoms with Gasteiger partial charge in [0.15, 0.2) is 0 Å². The van der Waals surface area contributed by atoms with Gasteiger partial charge in [-0.05, 0) is 12.8 Å². The third-order valence-corrected chi connectivity index (χ3v) is 3.28. The SMILES string of the molecule is OCCN(CCO)CC1(CO)CCOCC1. The standard InChI is InChI=1S/C11H23NO4/c13-5-3-12(4-6-14)9-11(10-15)1-7-16-8-2-11/h13-15H,1-10H2. The Balaban J connectivity index is 2.50. The van der Waals surface area contributed by atoms with Crippen LogP contribution in [0.1, 0.15) is 12.8 Å². The summed E-state index contributed by atoms with van der Waals surface area (Å²) in [5, 5.41) is 27.4. The molecule has 0 unspecified atom stereocenters. The molecule has 1 aliphatic rings. The molecule has 5 heteroatoms. The Labute approximate surface area is 96.6 Å². The fourth-order valence-corrected chi connectivity index (χ4v) is 2.20. The van der Waals surface area contributed by atoms with Crippen LogP contribution in [0.5, 0.6) is 0 Å². The van der Waals surface area contributed by atoms with Crippen molar-refractivity contribution in [2.75, 3.05) is 52.7 Å². The number of rotatable bonds is 7. The van der Waals surface area contributed by atoms with Crippen LogP contribution < -0.4 is 0 Å². The van der Waals surface area contributed by atoms with E-state index in [4.69, 9.17) is 14.9 Å². The molecule has 0 amide bonds. The molecular weight excluding hydrogens is 210 g/mol. The molecule has 16 heavy (non-hydrogen) atoms. The molecule has 0 radical (unpaired) electrons. The predicted molar refractivity (Wildman–Crippen MR) is 60.2 cm³/mol. The molecule has 0 saturated carbocycles. The minimum Gasteiger partial charge on any atom is -0.396 e. The number of aliphatic hydroxyl groups excluding tert-OH is 3. The van der Waals surface area contributed by atoms with Crippen LogP contribution in [0.4, 0.5) is 0 Å². The smallest absolute Gasteiger partial charge is 0.0558 e. The Morgan fingerprint density at radius 1 is 1.00 bits per heavy atom. The van der Waals surface area contributed by atoms with Gasteiger partial charge in [0.25, 0.3) is 0 Å². The first kappa shape index (κ1) is 13.9. The number of hydrogen-bond donors (Lipinski definition) is 3. The van der Waals surface area contributed by atoms with E-state index >= 15 is 0 Å². The topological polar surface area (TPSA) is 73.2 Å². The summed E-state index contributed by atoms with van der Waals surface area (Å²) in [6.45, 7) is 3.49. The largest absolute Gasteiger partial charge is 0.396 e. The quantitative estimate of drug-likeness (QED) is 0.529. The summed E-state index contributed by atoms with van der Waals surface area (Å²) in [6, 6.07) is 0. The Morgan fingerprint density at radius 3 is 2.00 bits per heavy atom. The van der Waals surface area contributed by atoms with Crippen molar-refractivity contribution in [1.29, 1.82) is 0 Å². The van der Waals surface area contributed by atoms with Crippen LogP contribution in [-0.4, -0.2) is 72.9 Å². The Kier molecular flexibility index (Phi) is 6.23. The van der Waals surface area contributed by atoms with Crippen molar-refractivity contribution in [3.8, 4) is 0 Å². The second kappa shape index (κ2) is 7.19. The van der Waals surface area contributed by atoms with Gasteiger partial charge in [0.1, 0.15) is 0 Å². The van der Waals surface area contributed by atoms with Gasteiger partial charge in [-0.25, -0.2) is 0 Å². The number of hydrogen-bond acceptors (Lipinski definition) is 5. The van der Waals surface area contributed by atoms with Crippen LogP contribution in [0.2, 0.25) is 0 Å². The highest BCUT2D eigenvalue weighted by molar-refractivity contribution is 4.84. The zero-order valence-corrected chi connectivity index (χ0v) is 9.77. The molecule has 1 heterocycles. The van der Waals surface area contributed by atoms with Gasteiger partial charge < -0.3 is 20.1 Å². The molecule has 0 bridgehead atoms. The van der Waals surface area contributed by atoms with E-state index in [1.165, 1.54) is 0 Å². The Morgan fingerprint density at radius 2 is 1.56 bits per heavy atom. The fourth-order valence-electron chi connectivity index (χ4n) is 2.20. The summed E-state index contributed by atoms with van der Waals surface area (Å²) < 4.78 is 5.30. The van der Waals surface area contributed by atoms with Gasteiger partial charge in [-0.15, -0.1) is 0 Å². The van der Waals surface area contributed by atoms with Crippen LogP contribution in [0.3, 0.4) is 0 Å². The molecule has 96 valence electrons. The lowest BCUT2D eigenvalue weighted by molar-refractivity contribution is -0.0375. The van der Waals surface area contributed by atoms with E-state index in [1.807, 2.05) is 4.90 Å². The Hall–Kier alpha value is -0.200. The molecule has 5 nitrogen and oxygen atoms in total. The third kappa shape index (κ3) is 3.99. The summed E-state index contributed by atoms with van der Waals surface area (Å²) >= 11 is 0. The fraction of sp³-hybridized carbons (Fsp3) is 1.00. The van der Waals surface area contributed by atoms with Crippen LogP contribution in [-0.2, 0) is 4.74 Å². The van der Waals surface area contributed by atoms with Gasteiger partial charge >= 0.3 is 0 Å². The lowest BCUT2D eigenvalue weighted by Crippen LogP contribution is -2.45. The summed E-state index contributed by atoms with van der Waals surface area (Å²) in [4.78, 5) is 2.00. The monoisotopic (exact) mass is 233 g/mol. The molecule has 0 aromatic carbocycles. The molecule has 0 aromatic heterocycles. The highest BCUT2D eigenvalue weighted by Crippen LogP contribution is 2.30. The normalized spacial score (nSPS) is 20.2. The second-order valence-electron chi connectivity index (χ2n) is 4.49. The molecule has 0 aliphatic carbocycles. The summed E-state index contributed by atoms with van der Waals surface area (Å²) in [5.41, 5.74) is -0.122. The van der Waals surface area contributed by atoms with Crippen molar-refractivity contribution < 1.29 is 20.1 Å². The maximum Gasteiger partial charge on any atom is 0.0558 e. The lowest BCUT2D eigenvalue weighted by atomic mass is 9.80. The van der Waals surface area contributed by atoms with Gasteiger partial charge in [0.05, 0.1) is 19.8 Å². The second-order valence-corrected chi connectivity index (χ2v) is 4.49. The zero-order chi connectivity index (χ0) is 11.9. The molecular formula is C11H23NO4. The first-order chi connectivity index (χ1) is 7.76. The summed E-state index contributed by atoms with van der Waals surface area (Å²) in [6.07, 6.45) is 1.69. The van der Waals surface area contributed by atoms with Crippen LogP contribution in [0.25, 0.3) is 0 Å². The van der Waals surface area contributed by atoms with E-state index in [1.54, 1.807) is 0 Å². The van der Waals surface area contributed by atoms with Crippen LogP contribution in [0, 0.1) is 5.41 Å². The molecule has 0 atom stereocenters. The van der Waals surface area contributed by atoms with Crippen molar-refractivity contribution >= 4 is 0 Å². The van der Waals surface area contributed by atoms with E-state index in [0.29, 0.717) is 32.8 Å². The van der Waals surface area contributed by atoms with Crippen molar-refractivity contribution in [3.05, 3.63) is 0 Å². The number of aliphatic hydroxyl groups is 3. The van der Waals surface area contributed by atoms with E-state index in [-0.39, 0.29) is 25.2 Å². The molecule has 1 fully saturated rings. The van der Waals surface area contributed by atoms with Gasteiger partial charge in [0, 0.05) is 38.3 Å². The molecule has 1 rings (SSSR count). The van der Waals surface area contributed by atoms with Gasteiger partial charge in [-0.1, -0.05) is 0 Å². The number of nitrogens with zero attached hydrogens (tertiary/aromatic N) is 1. The highest BCUT2D eigenvalue weighted by atomic mass is 16.5. The molecule has 1 saturated heterocycles. The minimum absolute atomic E-state index is 0.0814. The van der Waals surface area contributed by atoms with E-state index < -0.39 is 0 Å². The van der Waals surface area contributed by atoms with Crippen molar-refractivity contribution in [2.45, 2.75) is 12.8 Å². The Bertz CT molecular complexity index is 177. The molecule has 0 spiro atoms. The number of ether oxygens (including phenoxy) is 1. The molecule has 0 aromatic rings. The minimum atomic E-state index is -0.122. The predicted octanol–water partition coefficient (Wildman–Crippen LogP) is -0.938. The maximum absolute atomic E-state index is 9.52. The summed E-state index contributed by atoms with van der Waals surface area (Å²) in [7, 11) is 0. The highest BCUT2D eigenvalue weighted by Gasteiger charge is 2.33. The first-order valence-electron chi connectivity index (χ1n) is 5.89.